The Morgan fingerprint density at radius 3 is 2.33 bits per heavy atom. The number of carbonyl (C=O) groups excluding carboxylic acids is 5. The second-order valence-corrected chi connectivity index (χ2v) is 9.96. The smallest absolute Gasteiger partial charge is 0.338 e. The normalized spacial score (nSPS) is 20.3. The molecule has 0 aromatic heterocycles. The highest BCUT2D eigenvalue weighted by Crippen LogP contribution is 2.45. The van der Waals surface area contributed by atoms with Gasteiger partial charge >= 0.3 is 5.97 Å². The summed E-state index contributed by atoms with van der Waals surface area (Å²) in [6, 6.07) is 22.6. The molecule has 39 heavy (non-hydrogen) atoms. The fourth-order valence-corrected chi connectivity index (χ4v) is 5.46. The van der Waals surface area contributed by atoms with E-state index in [-0.39, 0.29) is 35.0 Å². The van der Waals surface area contributed by atoms with Gasteiger partial charge in [-0.3, -0.25) is 24.1 Å². The number of hydrogen-bond acceptors (Lipinski definition) is 6. The Hall–Kier alpha value is -4.59. The predicted octanol–water partition coefficient (Wildman–Crippen LogP) is 4.76. The van der Waals surface area contributed by atoms with Crippen LogP contribution >= 0.6 is 0 Å². The molecule has 8 heteroatoms. The third-order valence-electron chi connectivity index (χ3n) is 7.42. The molecule has 1 aliphatic carbocycles. The molecule has 3 amide bonds. The van der Waals surface area contributed by atoms with Crippen LogP contribution in [0.4, 0.5) is 11.4 Å². The summed E-state index contributed by atoms with van der Waals surface area (Å²) in [6.45, 7) is 0.884. The third-order valence-corrected chi connectivity index (χ3v) is 7.42. The minimum Gasteiger partial charge on any atom is -0.452 e. The number of fused-ring (bicyclic) bond motifs is 1. The van der Waals surface area contributed by atoms with Gasteiger partial charge in [0.2, 0.25) is 11.8 Å². The monoisotopic (exact) mass is 524 g/mol. The molecule has 5 rings (SSSR count). The van der Waals surface area contributed by atoms with Crippen molar-refractivity contribution < 1.29 is 28.7 Å². The summed E-state index contributed by atoms with van der Waals surface area (Å²) in [5.74, 6) is -2.48. The molecule has 1 saturated heterocycles. The van der Waals surface area contributed by atoms with Crippen molar-refractivity contribution in [2.24, 2.45) is 11.8 Å². The first-order valence-electron chi connectivity index (χ1n) is 12.9. The Bertz CT molecular complexity index is 1450. The number of imide groups is 1. The van der Waals surface area contributed by atoms with E-state index >= 15 is 0 Å². The molecule has 1 N–H and O–H groups in total. The molecule has 1 heterocycles. The zero-order valence-electron chi connectivity index (χ0n) is 21.5. The lowest BCUT2D eigenvalue weighted by molar-refractivity contribution is -0.122. The molecular weight excluding hydrogens is 496 g/mol. The van der Waals surface area contributed by atoms with Gasteiger partial charge in [0.25, 0.3) is 5.91 Å². The van der Waals surface area contributed by atoms with Crippen molar-refractivity contribution in [1.82, 2.24) is 0 Å². The van der Waals surface area contributed by atoms with Crippen LogP contribution in [0.5, 0.6) is 0 Å². The number of rotatable bonds is 7. The van der Waals surface area contributed by atoms with Crippen molar-refractivity contribution in [3.63, 3.8) is 0 Å². The second kappa shape index (κ2) is 11.0. The molecule has 8 nitrogen and oxygen atoms in total. The van der Waals surface area contributed by atoms with Gasteiger partial charge in [-0.05, 0) is 68.0 Å². The summed E-state index contributed by atoms with van der Waals surface area (Å²) in [7, 11) is 0. The number of nitrogens with one attached hydrogen (secondary N) is 1. The molecule has 0 spiro atoms. The minimum absolute atomic E-state index is 0.122. The first-order valence-corrected chi connectivity index (χ1v) is 12.9. The topological polar surface area (TPSA) is 110 Å². The first kappa shape index (κ1) is 26.0. The zero-order chi connectivity index (χ0) is 27.5. The van der Waals surface area contributed by atoms with Gasteiger partial charge < -0.3 is 10.1 Å². The van der Waals surface area contributed by atoms with Gasteiger partial charge in [-0.2, -0.15) is 0 Å². The Morgan fingerprint density at radius 2 is 1.56 bits per heavy atom. The van der Waals surface area contributed by atoms with Crippen LogP contribution in [0.3, 0.4) is 0 Å². The standard InChI is InChI=1S/C31H28N2O6/c1-19(34)21-9-5-11-24(15-21)32-28(35)18-39-31(38)23-10-6-12-25(16-23)33-29(36)26-14-13-22(17-27(26)30(33)37)20-7-3-2-4-8-20/h2-12,15-16,22,26-27H,13-14,17-18H2,1H3,(H,32,35)/t22-,26+,27+/m0/s1. The van der Waals surface area contributed by atoms with Crippen molar-refractivity contribution >= 4 is 40.8 Å². The summed E-state index contributed by atoms with van der Waals surface area (Å²) < 4.78 is 5.16. The predicted molar refractivity (Wildman–Crippen MR) is 144 cm³/mol. The highest BCUT2D eigenvalue weighted by Gasteiger charge is 2.50. The summed E-state index contributed by atoms with van der Waals surface area (Å²) in [4.78, 5) is 64.3. The molecule has 3 aromatic rings. The van der Waals surface area contributed by atoms with Crippen LogP contribution in [0.25, 0.3) is 0 Å². The molecule has 0 bridgehead atoms. The number of Topliss-reactive ketones (excluding diaryl/α,β-unsaturated/α-hetero) is 1. The van der Waals surface area contributed by atoms with Gasteiger partial charge in [0.15, 0.2) is 12.4 Å². The molecule has 1 aliphatic heterocycles. The maximum Gasteiger partial charge on any atom is 0.338 e. The van der Waals surface area contributed by atoms with Crippen LogP contribution in [0.2, 0.25) is 0 Å². The molecule has 0 radical (unpaired) electrons. The summed E-state index contributed by atoms with van der Waals surface area (Å²) in [5, 5.41) is 2.59. The van der Waals surface area contributed by atoms with E-state index in [1.54, 1.807) is 30.3 Å². The van der Waals surface area contributed by atoms with Crippen LogP contribution in [0.15, 0.2) is 78.9 Å². The fourth-order valence-electron chi connectivity index (χ4n) is 5.46. The number of nitrogens with zero attached hydrogens (tertiary/aromatic N) is 1. The van der Waals surface area contributed by atoms with E-state index in [0.29, 0.717) is 29.8 Å². The van der Waals surface area contributed by atoms with Crippen molar-refractivity contribution in [1.29, 1.82) is 0 Å². The van der Waals surface area contributed by atoms with E-state index in [9.17, 15) is 24.0 Å². The van der Waals surface area contributed by atoms with E-state index < -0.39 is 24.4 Å². The third kappa shape index (κ3) is 5.50. The number of ether oxygens (including phenoxy) is 1. The lowest BCUT2D eigenvalue weighted by atomic mass is 9.73. The van der Waals surface area contributed by atoms with E-state index in [1.165, 1.54) is 35.6 Å². The van der Waals surface area contributed by atoms with Gasteiger partial charge in [-0.15, -0.1) is 0 Å². The average molecular weight is 525 g/mol. The number of carbonyl (C=O) groups is 5. The molecule has 3 atom stereocenters. The number of amides is 3. The van der Waals surface area contributed by atoms with E-state index in [4.69, 9.17) is 4.74 Å². The summed E-state index contributed by atoms with van der Waals surface area (Å²) in [5.41, 5.74) is 2.47. The number of esters is 1. The molecular formula is C31H28N2O6. The Labute approximate surface area is 226 Å². The van der Waals surface area contributed by atoms with Crippen molar-refractivity contribution in [2.75, 3.05) is 16.8 Å². The quantitative estimate of drug-likeness (QED) is 0.271. The molecule has 2 aliphatic rings. The van der Waals surface area contributed by atoms with Gasteiger partial charge in [-0.1, -0.05) is 48.5 Å². The molecule has 1 saturated carbocycles. The van der Waals surface area contributed by atoms with Gasteiger partial charge in [-0.25, -0.2) is 4.79 Å². The van der Waals surface area contributed by atoms with Crippen LogP contribution in [-0.4, -0.2) is 36.1 Å². The van der Waals surface area contributed by atoms with Crippen LogP contribution in [0, 0.1) is 11.8 Å². The van der Waals surface area contributed by atoms with Crippen molar-refractivity contribution in [3.8, 4) is 0 Å². The number of hydrogen-bond donors (Lipinski definition) is 1. The summed E-state index contributed by atoms with van der Waals surface area (Å²) >= 11 is 0. The van der Waals surface area contributed by atoms with Crippen molar-refractivity contribution in [3.05, 3.63) is 95.6 Å². The minimum atomic E-state index is -0.759. The first-order chi connectivity index (χ1) is 18.8. The number of anilines is 2. The Balaban J connectivity index is 1.23. The van der Waals surface area contributed by atoms with E-state index in [1.807, 2.05) is 18.2 Å². The Morgan fingerprint density at radius 1 is 0.846 bits per heavy atom. The maximum atomic E-state index is 13.4. The fraction of sp³-hybridized carbons (Fsp3) is 0.258. The maximum absolute atomic E-state index is 13.4. The number of ketones is 1. The summed E-state index contributed by atoms with van der Waals surface area (Å²) in [6.07, 6.45) is 2.09. The molecule has 0 unspecified atom stereocenters. The lowest BCUT2D eigenvalue weighted by Gasteiger charge is -2.28. The lowest BCUT2D eigenvalue weighted by Crippen LogP contribution is -2.31. The van der Waals surface area contributed by atoms with E-state index in [2.05, 4.69) is 17.4 Å². The average Bonchev–Trinajstić information content (AvgIpc) is 3.21. The Kier molecular flexibility index (Phi) is 7.36. The van der Waals surface area contributed by atoms with E-state index in [0.717, 1.165) is 6.42 Å². The second-order valence-electron chi connectivity index (χ2n) is 9.96. The zero-order valence-corrected chi connectivity index (χ0v) is 21.5. The SMILES string of the molecule is CC(=O)c1cccc(NC(=O)COC(=O)c2cccc(N3C(=O)[C@@H]4CC[C@H](c5ccccc5)C[C@H]4C3=O)c2)c1. The highest BCUT2D eigenvalue weighted by atomic mass is 16.5. The van der Waals surface area contributed by atoms with Crippen LogP contribution in [-0.2, 0) is 19.1 Å². The van der Waals surface area contributed by atoms with Crippen LogP contribution in [0.1, 0.15) is 58.4 Å². The molecule has 198 valence electrons. The van der Waals surface area contributed by atoms with Gasteiger partial charge in [0.05, 0.1) is 23.1 Å². The molecule has 2 fully saturated rings. The molecule has 3 aromatic carbocycles. The van der Waals surface area contributed by atoms with Crippen LogP contribution < -0.4 is 10.2 Å². The van der Waals surface area contributed by atoms with Crippen molar-refractivity contribution in [2.45, 2.75) is 32.1 Å². The van der Waals surface area contributed by atoms with Gasteiger partial charge in [0.1, 0.15) is 0 Å². The highest BCUT2D eigenvalue weighted by molar-refractivity contribution is 6.22. The van der Waals surface area contributed by atoms with Gasteiger partial charge in [0, 0.05) is 11.3 Å². The largest absolute Gasteiger partial charge is 0.452 e. The number of benzene rings is 3.